The molecule has 1 aromatic heterocycles. The van der Waals surface area contributed by atoms with Gasteiger partial charge in [0.05, 0.1) is 17.6 Å². The maximum absolute atomic E-state index is 12.8. The van der Waals surface area contributed by atoms with E-state index < -0.39 is 0 Å². The predicted octanol–water partition coefficient (Wildman–Crippen LogP) is 3.33. The average Bonchev–Trinajstić information content (AvgIpc) is 3.22. The summed E-state index contributed by atoms with van der Waals surface area (Å²) in [5.41, 5.74) is 4.16. The second-order valence-electron chi connectivity index (χ2n) is 9.49. The summed E-state index contributed by atoms with van der Waals surface area (Å²) >= 11 is 0. The van der Waals surface area contributed by atoms with Gasteiger partial charge in [0.15, 0.2) is 0 Å². The fourth-order valence-electron chi connectivity index (χ4n) is 5.09. The van der Waals surface area contributed by atoms with E-state index in [0.29, 0.717) is 25.2 Å². The average molecular weight is 489 g/mol. The number of likely N-dealkylation sites (tertiary alicyclic amines) is 1. The Labute approximate surface area is 210 Å². The molecule has 2 aliphatic heterocycles. The Hall–Kier alpha value is -3.88. The van der Waals surface area contributed by atoms with Gasteiger partial charge in [-0.2, -0.15) is 0 Å². The number of hydrogen-bond acceptors (Lipinski definition) is 4. The predicted molar refractivity (Wildman–Crippen MR) is 138 cm³/mol. The summed E-state index contributed by atoms with van der Waals surface area (Å²) in [7, 11) is 0. The van der Waals surface area contributed by atoms with Crippen LogP contribution in [-0.4, -0.2) is 69.8 Å². The lowest BCUT2D eigenvalue weighted by Gasteiger charge is -2.38. The number of aromatic nitrogens is 2. The van der Waals surface area contributed by atoms with E-state index in [-0.39, 0.29) is 30.4 Å². The lowest BCUT2D eigenvalue weighted by atomic mass is 10.0. The van der Waals surface area contributed by atoms with Gasteiger partial charge in [0.25, 0.3) is 5.91 Å². The van der Waals surface area contributed by atoms with Gasteiger partial charge in [-0.15, -0.1) is 0 Å². The quantitative estimate of drug-likeness (QED) is 0.494. The van der Waals surface area contributed by atoms with E-state index >= 15 is 0 Å². The van der Waals surface area contributed by atoms with Crippen LogP contribution in [0.5, 0.6) is 0 Å². The van der Waals surface area contributed by atoms with Gasteiger partial charge in [-0.3, -0.25) is 9.59 Å². The van der Waals surface area contributed by atoms with Gasteiger partial charge in [0.1, 0.15) is 5.82 Å². The molecule has 3 N–H and O–H groups in total. The number of carbonyl (C=O) groups excluding carboxylic acids is 3. The molecule has 0 aliphatic carbocycles. The van der Waals surface area contributed by atoms with Crippen molar-refractivity contribution in [1.29, 1.82) is 0 Å². The monoisotopic (exact) mass is 488 g/mol. The van der Waals surface area contributed by atoms with Gasteiger partial charge in [-0.1, -0.05) is 25.1 Å². The van der Waals surface area contributed by atoms with Crippen LogP contribution in [0.25, 0.3) is 11.0 Å². The highest BCUT2D eigenvalue weighted by Gasteiger charge is 2.31. The highest BCUT2D eigenvalue weighted by molar-refractivity contribution is 5.99. The number of nitrogens with zero attached hydrogens (tertiary/aromatic N) is 3. The minimum atomic E-state index is -0.285. The Bertz CT molecular complexity index is 1280. The number of amides is 4. The molecule has 2 aliphatic rings. The molecule has 1 saturated heterocycles. The number of fused-ring (bicyclic) bond motifs is 2. The minimum Gasteiger partial charge on any atom is -0.343 e. The van der Waals surface area contributed by atoms with Gasteiger partial charge in [0.2, 0.25) is 5.91 Å². The first-order chi connectivity index (χ1) is 17.5. The van der Waals surface area contributed by atoms with E-state index in [4.69, 9.17) is 0 Å². The summed E-state index contributed by atoms with van der Waals surface area (Å²) in [4.78, 5) is 49.7. The Kier molecular flexibility index (Phi) is 6.88. The van der Waals surface area contributed by atoms with Crippen molar-refractivity contribution in [3.63, 3.8) is 0 Å². The highest BCUT2D eigenvalue weighted by atomic mass is 16.2. The number of aromatic amines is 1. The molecular formula is C27H32N6O3. The van der Waals surface area contributed by atoms with Crippen molar-refractivity contribution in [1.82, 2.24) is 25.1 Å². The molecule has 0 unspecified atom stereocenters. The summed E-state index contributed by atoms with van der Waals surface area (Å²) in [6.45, 7) is 3.84. The van der Waals surface area contributed by atoms with Gasteiger partial charge < -0.3 is 25.4 Å². The standard InChI is InChI=1S/C27H32N6O3/c1-2-5-24-29-22-9-8-19(16-23(22)30-24)26(35)28-17-25(34)32-13-11-20(12-14-32)33-15-10-18-6-3-4-7-21(18)31-27(33)36/h3-4,6-9,16,20H,2,5,10-15,17H2,1H3,(H,28,35)(H,29,30)(H,31,36). The number of H-pyrrole nitrogens is 1. The molecule has 3 heterocycles. The smallest absolute Gasteiger partial charge is 0.322 e. The van der Waals surface area contributed by atoms with Crippen LogP contribution in [0.1, 0.15) is 47.9 Å². The number of anilines is 1. The second-order valence-corrected chi connectivity index (χ2v) is 9.49. The lowest BCUT2D eigenvalue weighted by Crippen LogP contribution is -2.51. The fraction of sp³-hybridized carbons (Fsp3) is 0.407. The Morgan fingerprint density at radius 1 is 1.11 bits per heavy atom. The number of carbonyl (C=O) groups is 3. The highest BCUT2D eigenvalue weighted by Crippen LogP contribution is 2.24. The van der Waals surface area contributed by atoms with Gasteiger partial charge in [-0.25, -0.2) is 9.78 Å². The molecule has 4 amide bonds. The van der Waals surface area contributed by atoms with E-state index in [0.717, 1.165) is 60.2 Å². The largest absolute Gasteiger partial charge is 0.343 e. The van der Waals surface area contributed by atoms with Crippen molar-refractivity contribution in [2.45, 2.75) is 45.1 Å². The Balaban J connectivity index is 1.11. The Morgan fingerprint density at radius 2 is 1.92 bits per heavy atom. The zero-order chi connectivity index (χ0) is 25.1. The molecule has 9 heteroatoms. The number of benzene rings is 2. The minimum absolute atomic E-state index is 0.0505. The third-order valence-electron chi connectivity index (χ3n) is 7.08. The van der Waals surface area contributed by atoms with Crippen molar-refractivity contribution >= 4 is 34.6 Å². The summed E-state index contributed by atoms with van der Waals surface area (Å²) in [6.07, 6.45) is 4.11. The van der Waals surface area contributed by atoms with Crippen molar-refractivity contribution in [3.05, 3.63) is 59.4 Å². The van der Waals surface area contributed by atoms with Crippen LogP contribution in [0, 0.1) is 0 Å². The molecule has 3 aromatic rings. The van der Waals surface area contributed by atoms with Crippen LogP contribution in [0.4, 0.5) is 10.5 Å². The number of nitrogens with one attached hydrogen (secondary N) is 3. The number of hydrogen-bond donors (Lipinski definition) is 3. The van der Waals surface area contributed by atoms with E-state index in [1.807, 2.05) is 35.2 Å². The molecule has 2 aromatic carbocycles. The maximum Gasteiger partial charge on any atom is 0.322 e. The van der Waals surface area contributed by atoms with Crippen molar-refractivity contribution in [2.24, 2.45) is 0 Å². The first-order valence-corrected chi connectivity index (χ1v) is 12.7. The summed E-state index contributed by atoms with van der Waals surface area (Å²) < 4.78 is 0. The summed E-state index contributed by atoms with van der Waals surface area (Å²) in [5.74, 6) is 0.515. The third-order valence-corrected chi connectivity index (χ3v) is 7.08. The van der Waals surface area contributed by atoms with Crippen LogP contribution in [0.15, 0.2) is 42.5 Å². The molecule has 0 bridgehead atoms. The summed E-state index contributed by atoms with van der Waals surface area (Å²) in [6, 6.07) is 13.2. The Morgan fingerprint density at radius 3 is 2.72 bits per heavy atom. The number of piperidine rings is 1. The van der Waals surface area contributed by atoms with Crippen molar-refractivity contribution < 1.29 is 14.4 Å². The van der Waals surface area contributed by atoms with Crippen molar-refractivity contribution in [2.75, 3.05) is 31.5 Å². The third kappa shape index (κ3) is 5.05. The van der Waals surface area contributed by atoms with Crippen molar-refractivity contribution in [3.8, 4) is 0 Å². The zero-order valence-electron chi connectivity index (χ0n) is 20.5. The first-order valence-electron chi connectivity index (χ1n) is 12.7. The van der Waals surface area contributed by atoms with Crippen LogP contribution in [0.2, 0.25) is 0 Å². The van der Waals surface area contributed by atoms with Crippen LogP contribution < -0.4 is 10.6 Å². The van der Waals surface area contributed by atoms with Crippen LogP contribution >= 0.6 is 0 Å². The van der Waals surface area contributed by atoms with E-state index in [9.17, 15) is 14.4 Å². The molecule has 0 saturated carbocycles. The number of imidazole rings is 1. The SMILES string of the molecule is CCCc1nc2ccc(C(=O)NCC(=O)N3CCC(N4CCc5ccccc5NC4=O)CC3)cc2[nH]1. The molecular weight excluding hydrogens is 456 g/mol. The zero-order valence-corrected chi connectivity index (χ0v) is 20.5. The second kappa shape index (κ2) is 10.4. The van der Waals surface area contributed by atoms with Crippen LogP contribution in [-0.2, 0) is 17.6 Å². The molecule has 1 fully saturated rings. The van der Waals surface area contributed by atoms with Crippen LogP contribution in [0.3, 0.4) is 0 Å². The number of para-hydroxylation sites is 1. The van der Waals surface area contributed by atoms with E-state index in [1.54, 1.807) is 17.0 Å². The molecule has 0 atom stereocenters. The number of urea groups is 1. The normalized spacial score (nSPS) is 16.4. The molecule has 5 rings (SSSR count). The first kappa shape index (κ1) is 23.8. The van der Waals surface area contributed by atoms with Gasteiger partial charge >= 0.3 is 6.03 Å². The number of rotatable bonds is 6. The van der Waals surface area contributed by atoms with E-state index in [2.05, 4.69) is 27.5 Å². The number of aryl methyl sites for hydroxylation is 1. The molecule has 36 heavy (non-hydrogen) atoms. The molecule has 0 radical (unpaired) electrons. The van der Waals surface area contributed by atoms with Gasteiger partial charge in [-0.05, 0) is 55.5 Å². The van der Waals surface area contributed by atoms with Gasteiger partial charge in [0, 0.05) is 43.3 Å². The molecule has 0 spiro atoms. The van der Waals surface area contributed by atoms with E-state index in [1.165, 1.54) is 0 Å². The molecule has 9 nitrogen and oxygen atoms in total. The maximum atomic E-state index is 12.8. The summed E-state index contributed by atoms with van der Waals surface area (Å²) in [5, 5.41) is 5.78. The molecule has 188 valence electrons. The fourth-order valence-corrected chi connectivity index (χ4v) is 5.09. The topological polar surface area (TPSA) is 110 Å². The lowest BCUT2D eigenvalue weighted by molar-refractivity contribution is -0.131.